The Bertz CT molecular complexity index is 1070. The van der Waals surface area contributed by atoms with Crippen molar-refractivity contribution in [2.45, 2.75) is 19.4 Å². The molecule has 0 saturated heterocycles. The fraction of sp³-hybridized carbons (Fsp3) is 0.174. The van der Waals surface area contributed by atoms with E-state index < -0.39 is 0 Å². The van der Waals surface area contributed by atoms with E-state index in [1.54, 1.807) is 18.5 Å². The Labute approximate surface area is 173 Å². The maximum atomic E-state index is 13.0. The first-order valence-corrected chi connectivity index (χ1v) is 9.65. The van der Waals surface area contributed by atoms with Crippen LogP contribution >= 0.6 is 0 Å². The van der Waals surface area contributed by atoms with Crippen molar-refractivity contribution >= 4 is 17.5 Å². The molecule has 0 bridgehead atoms. The Morgan fingerprint density at radius 2 is 1.87 bits per heavy atom. The summed E-state index contributed by atoms with van der Waals surface area (Å²) in [5.74, 6) is 0.654. The zero-order valence-corrected chi connectivity index (χ0v) is 16.2. The summed E-state index contributed by atoms with van der Waals surface area (Å²) in [6, 6.07) is 15.8. The van der Waals surface area contributed by atoms with Gasteiger partial charge in [0.1, 0.15) is 11.5 Å². The highest BCUT2D eigenvalue weighted by Crippen LogP contribution is 2.40. The van der Waals surface area contributed by atoms with Gasteiger partial charge in [0.2, 0.25) is 11.8 Å². The van der Waals surface area contributed by atoms with Crippen LogP contribution in [0.3, 0.4) is 0 Å². The minimum absolute atomic E-state index is 0.0301. The monoisotopic (exact) mass is 403 g/mol. The number of hydrogen-bond donors (Lipinski definition) is 2. The van der Waals surface area contributed by atoms with Crippen molar-refractivity contribution in [3.8, 4) is 17.2 Å². The number of rotatable bonds is 5. The summed E-state index contributed by atoms with van der Waals surface area (Å²) in [4.78, 5) is 30.7. The molecule has 30 heavy (non-hydrogen) atoms. The number of aryl methyl sites for hydroxylation is 1. The lowest BCUT2D eigenvalue weighted by Crippen LogP contribution is -2.39. The lowest BCUT2D eigenvalue weighted by Gasteiger charge is -2.22. The summed E-state index contributed by atoms with van der Waals surface area (Å²) < 4.78 is 5.95. The number of benzene rings is 2. The molecule has 1 aliphatic heterocycles. The maximum absolute atomic E-state index is 13.0. The van der Waals surface area contributed by atoms with E-state index in [0.29, 0.717) is 23.6 Å². The molecule has 0 saturated carbocycles. The molecular formula is C23H21N3O4. The highest BCUT2D eigenvalue weighted by atomic mass is 16.5. The molecule has 1 aliphatic rings. The molecule has 4 rings (SSSR count). The van der Waals surface area contributed by atoms with E-state index >= 15 is 0 Å². The smallest absolute Gasteiger partial charge is 0.246 e. The Morgan fingerprint density at radius 1 is 1.07 bits per heavy atom. The van der Waals surface area contributed by atoms with Gasteiger partial charge in [0, 0.05) is 30.4 Å². The number of para-hydroxylation sites is 1. The van der Waals surface area contributed by atoms with Crippen molar-refractivity contribution in [3.63, 3.8) is 0 Å². The van der Waals surface area contributed by atoms with E-state index in [-0.39, 0.29) is 37.1 Å². The van der Waals surface area contributed by atoms with Crippen molar-refractivity contribution < 1.29 is 19.4 Å². The lowest BCUT2D eigenvalue weighted by atomic mass is 10.1. The topological polar surface area (TPSA) is 91.8 Å². The molecule has 0 fully saturated rings. The zero-order valence-electron chi connectivity index (χ0n) is 16.2. The van der Waals surface area contributed by atoms with Gasteiger partial charge in [-0.2, -0.15) is 0 Å². The number of hydrogen-bond acceptors (Lipinski definition) is 5. The zero-order chi connectivity index (χ0) is 20.9. The molecule has 2 aromatic carbocycles. The van der Waals surface area contributed by atoms with Gasteiger partial charge in [0.25, 0.3) is 0 Å². The number of aromatic nitrogens is 1. The predicted octanol–water partition coefficient (Wildman–Crippen LogP) is 3.18. The number of fused-ring (bicyclic) bond motifs is 2. The first-order chi connectivity index (χ1) is 14.6. The molecule has 1 aromatic heterocycles. The average Bonchev–Trinajstić information content (AvgIpc) is 2.93. The normalized spacial score (nSPS) is 12.2. The van der Waals surface area contributed by atoms with Gasteiger partial charge in [0.05, 0.1) is 18.8 Å². The van der Waals surface area contributed by atoms with Crippen LogP contribution in [0.15, 0.2) is 67.0 Å². The highest BCUT2D eigenvalue weighted by molar-refractivity contribution is 5.98. The third-order valence-electron chi connectivity index (χ3n) is 4.88. The van der Waals surface area contributed by atoms with E-state index in [9.17, 15) is 14.7 Å². The molecule has 7 nitrogen and oxygen atoms in total. The predicted molar refractivity (Wildman–Crippen MR) is 111 cm³/mol. The van der Waals surface area contributed by atoms with Gasteiger partial charge in [-0.1, -0.05) is 18.2 Å². The SMILES string of the molecule is O=C(CCc1ccncc1)NCC(=O)N1Cc2ccccc2Oc2ccc(O)cc21. The van der Waals surface area contributed by atoms with Crippen LogP contribution in [0.5, 0.6) is 17.2 Å². The number of nitrogens with one attached hydrogen (secondary N) is 1. The number of carbonyl (C=O) groups excluding carboxylic acids is 2. The number of phenolic OH excluding ortho intramolecular Hbond substituents is 1. The number of aromatic hydroxyl groups is 1. The van der Waals surface area contributed by atoms with E-state index in [2.05, 4.69) is 10.3 Å². The molecule has 7 heteroatoms. The summed E-state index contributed by atoms with van der Waals surface area (Å²) in [5.41, 5.74) is 2.31. The number of pyridine rings is 1. The van der Waals surface area contributed by atoms with Crippen molar-refractivity contribution in [3.05, 3.63) is 78.1 Å². The van der Waals surface area contributed by atoms with Crippen LogP contribution < -0.4 is 15.0 Å². The largest absolute Gasteiger partial charge is 0.508 e. The van der Waals surface area contributed by atoms with Gasteiger partial charge in [-0.25, -0.2) is 0 Å². The average molecular weight is 403 g/mol. The Hall–Kier alpha value is -3.87. The number of ether oxygens (including phenoxy) is 1. The van der Waals surface area contributed by atoms with Crippen molar-refractivity contribution in [1.29, 1.82) is 0 Å². The number of phenols is 1. The highest BCUT2D eigenvalue weighted by Gasteiger charge is 2.26. The molecule has 0 aliphatic carbocycles. The van der Waals surface area contributed by atoms with Gasteiger partial charge in [-0.15, -0.1) is 0 Å². The van der Waals surface area contributed by atoms with Gasteiger partial charge in [-0.3, -0.25) is 14.6 Å². The molecule has 152 valence electrons. The van der Waals surface area contributed by atoms with E-state index in [1.165, 1.54) is 17.0 Å². The standard InChI is InChI=1S/C23H21N3O4/c27-18-6-7-21-19(13-18)26(15-17-3-1-2-4-20(17)30-21)23(29)14-25-22(28)8-5-16-9-11-24-12-10-16/h1-4,6-7,9-13,27H,5,8,14-15H2,(H,25,28). The van der Waals surface area contributed by atoms with E-state index in [0.717, 1.165) is 11.1 Å². The van der Waals surface area contributed by atoms with E-state index in [4.69, 9.17) is 4.74 Å². The third kappa shape index (κ3) is 4.41. The molecule has 3 aromatic rings. The second-order valence-corrected chi connectivity index (χ2v) is 6.97. The van der Waals surface area contributed by atoms with E-state index in [1.807, 2.05) is 36.4 Å². The minimum Gasteiger partial charge on any atom is -0.508 e. The summed E-state index contributed by atoms with van der Waals surface area (Å²) in [6.07, 6.45) is 4.22. The number of nitrogens with zero attached hydrogens (tertiary/aromatic N) is 2. The molecule has 2 N–H and O–H groups in total. The Morgan fingerprint density at radius 3 is 2.70 bits per heavy atom. The molecule has 2 heterocycles. The van der Waals surface area contributed by atoms with Crippen LogP contribution in [0.25, 0.3) is 0 Å². The van der Waals surface area contributed by atoms with Crippen LogP contribution in [-0.4, -0.2) is 28.4 Å². The lowest BCUT2D eigenvalue weighted by molar-refractivity contribution is -0.125. The van der Waals surface area contributed by atoms with Crippen molar-refractivity contribution in [1.82, 2.24) is 10.3 Å². The second kappa shape index (κ2) is 8.65. The molecule has 0 radical (unpaired) electrons. The van der Waals surface area contributed by atoms with Crippen molar-refractivity contribution in [2.75, 3.05) is 11.4 Å². The summed E-state index contributed by atoms with van der Waals surface area (Å²) in [6.45, 7) is 0.130. The van der Waals surface area contributed by atoms with Gasteiger partial charge >= 0.3 is 0 Å². The molecule has 0 unspecified atom stereocenters. The molecule has 2 amide bonds. The second-order valence-electron chi connectivity index (χ2n) is 6.97. The Balaban J connectivity index is 1.46. The van der Waals surface area contributed by atoms with Gasteiger partial charge < -0.3 is 20.1 Å². The minimum atomic E-state index is -0.292. The van der Waals surface area contributed by atoms with Crippen LogP contribution in [0.1, 0.15) is 17.5 Å². The molecule has 0 atom stereocenters. The van der Waals surface area contributed by atoms with Crippen LogP contribution in [0.2, 0.25) is 0 Å². The van der Waals surface area contributed by atoms with Crippen LogP contribution in [0.4, 0.5) is 5.69 Å². The number of amides is 2. The fourth-order valence-corrected chi connectivity index (χ4v) is 3.30. The fourth-order valence-electron chi connectivity index (χ4n) is 3.30. The van der Waals surface area contributed by atoms with Gasteiger partial charge in [0.15, 0.2) is 5.75 Å². The quantitative estimate of drug-likeness (QED) is 0.683. The summed E-state index contributed by atoms with van der Waals surface area (Å²) >= 11 is 0. The van der Waals surface area contributed by atoms with Crippen molar-refractivity contribution in [2.24, 2.45) is 0 Å². The maximum Gasteiger partial charge on any atom is 0.246 e. The summed E-state index contributed by atoms with van der Waals surface area (Å²) in [5, 5.41) is 12.6. The van der Waals surface area contributed by atoms with Gasteiger partial charge in [-0.05, 0) is 42.3 Å². The van der Waals surface area contributed by atoms with Crippen LogP contribution in [0, 0.1) is 0 Å². The number of carbonyl (C=O) groups is 2. The first kappa shape index (κ1) is 19.4. The molecular weight excluding hydrogens is 382 g/mol. The third-order valence-corrected chi connectivity index (χ3v) is 4.88. The summed E-state index contributed by atoms with van der Waals surface area (Å²) in [7, 11) is 0. The Kier molecular flexibility index (Phi) is 5.61. The van der Waals surface area contributed by atoms with Crippen LogP contribution in [-0.2, 0) is 22.6 Å². The number of anilines is 1. The first-order valence-electron chi connectivity index (χ1n) is 9.65. The molecule has 0 spiro atoms.